The van der Waals surface area contributed by atoms with Crippen LogP contribution in [0.5, 0.6) is 0 Å². The summed E-state index contributed by atoms with van der Waals surface area (Å²) in [6, 6.07) is 19.9. The van der Waals surface area contributed by atoms with E-state index in [0.29, 0.717) is 11.3 Å². The van der Waals surface area contributed by atoms with Crippen LogP contribution in [0.4, 0.5) is 0 Å². The summed E-state index contributed by atoms with van der Waals surface area (Å²) in [5.41, 5.74) is 4.63. The van der Waals surface area contributed by atoms with Gasteiger partial charge in [0, 0.05) is 18.0 Å². The van der Waals surface area contributed by atoms with E-state index in [1.807, 2.05) is 65.3 Å². The fourth-order valence-corrected chi connectivity index (χ4v) is 2.72. The van der Waals surface area contributed by atoms with E-state index in [0.717, 1.165) is 22.4 Å². The van der Waals surface area contributed by atoms with Crippen LogP contribution in [0.25, 0.3) is 28.2 Å². The summed E-state index contributed by atoms with van der Waals surface area (Å²) in [6.45, 7) is 0. The van der Waals surface area contributed by atoms with E-state index in [2.05, 4.69) is 22.1 Å². The highest BCUT2D eigenvalue weighted by Gasteiger charge is 2.09. The number of hydrogen-bond acceptors (Lipinski definition) is 3. The van der Waals surface area contributed by atoms with E-state index in [1.54, 1.807) is 6.20 Å². The number of fused-ring (bicyclic) bond motifs is 1. The molecule has 4 heteroatoms. The first-order valence-electron chi connectivity index (χ1n) is 7.25. The molecule has 0 saturated carbocycles. The quantitative estimate of drug-likeness (QED) is 0.563. The topological polar surface area (TPSA) is 54.0 Å². The van der Waals surface area contributed by atoms with Crippen LogP contribution in [0, 0.1) is 11.3 Å². The van der Waals surface area contributed by atoms with E-state index >= 15 is 0 Å². The van der Waals surface area contributed by atoms with Gasteiger partial charge in [-0.3, -0.25) is 4.40 Å². The third kappa shape index (κ3) is 2.25. The van der Waals surface area contributed by atoms with Crippen molar-refractivity contribution in [2.24, 2.45) is 0 Å². The van der Waals surface area contributed by atoms with Crippen LogP contribution < -0.4 is 0 Å². The van der Waals surface area contributed by atoms with Gasteiger partial charge >= 0.3 is 0 Å². The van der Waals surface area contributed by atoms with E-state index < -0.39 is 0 Å². The summed E-state index contributed by atoms with van der Waals surface area (Å²) in [5, 5.41) is 9.30. The lowest BCUT2D eigenvalue weighted by Crippen LogP contribution is -1.90. The molecule has 108 valence electrons. The largest absolute Gasteiger partial charge is 0.284 e. The van der Waals surface area contributed by atoms with Gasteiger partial charge in [0.2, 0.25) is 5.78 Å². The fourth-order valence-electron chi connectivity index (χ4n) is 2.72. The highest BCUT2D eigenvalue weighted by atomic mass is 15.1. The second-order valence-corrected chi connectivity index (χ2v) is 5.17. The van der Waals surface area contributed by atoms with E-state index in [4.69, 9.17) is 0 Å². The van der Waals surface area contributed by atoms with Gasteiger partial charge < -0.3 is 0 Å². The van der Waals surface area contributed by atoms with Gasteiger partial charge in [-0.1, -0.05) is 36.4 Å². The normalized spacial score (nSPS) is 10.6. The molecule has 0 spiro atoms. The molecule has 0 atom stereocenters. The maximum Gasteiger partial charge on any atom is 0.234 e. The molecular weight excluding hydrogens is 284 g/mol. The zero-order valence-electron chi connectivity index (χ0n) is 12.2. The fraction of sp³-hybridized carbons (Fsp3) is 0. The Morgan fingerprint density at radius 3 is 2.70 bits per heavy atom. The molecule has 4 rings (SSSR count). The molecule has 23 heavy (non-hydrogen) atoms. The first kappa shape index (κ1) is 13.2. The summed E-state index contributed by atoms with van der Waals surface area (Å²) in [5.74, 6) is 0.672. The van der Waals surface area contributed by atoms with Gasteiger partial charge in [-0.25, -0.2) is 9.97 Å². The molecule has 0 fully saturated rings. The summed E-state index contributed by atoms with van der Waals surface area (Å²) >= 11 is 0. The van der Waals surface area contributed by atoms with E-state index in [-0.39, 0.29) is 0 Å². The molecule has 0 saturated heterocycles. The molecule has 0 aliphatic heterocycles. The van der Waals surface area contributed by atoms with Gasteiger partial charge in [-0.2, -0.15) is 5.26 Å². The molecule has 4 nitrogen and oxygen atoms in total. The predicted octanol–water partition coefficient (Wildman–Crippen LogP) is 3.93. The number of hydrogen-bond donors (Lipinski definition) is 0. The van der Waals surface area contributed by atoms with Crippen molar-refractivity contribution in [3.05, 3.63) is 78.8 Å². The van der Waals surface area contributed by atoms with Crippen LogP contribution in [0.3, 0.4) is 0 Å². The lowest BCUT2D eigenvalue weighted by Gasteiger charge is -2.07. The molecule has 0 unspecified atom stereocenters. The maximum absolute atomic E-state index is 9.30. The van der Waals surface area contributed by atoms with Gasteiger partial charge in [0.1, 0.15) is 0 Å². The molecule has 2 aromatic heterocycles. The summed E-state index contributed by atoms with van der Waals surface area (Å²) in [4.78, 5) is 8.57. The number of nitriles is 1. The van der Waals surface area contributed by atoms with Crippen molar-refractivity contribution in [2.75, 3.05) is 0 Å². The molecule has 2 heterocycles. The highest BCUT2D eigenvalue weighted by Crippen LogP contribution is 2.28. The minimum Gasteiger partial charge on any atom is -0.284 e. The summed E-state index contributed by atoms with van der Waals surface area (Å²) < 4.78 is 1.95. The van der Waals surface area contributed by atoms with Gasteiger partial charge in [0.05, 0.1) is 23.5 Å². The Morgan fingerprint density at radius 1 is 0.913 bits per heavy atom. The zero-order valence-corrected chi connectivity index (χ0v) is 12.2. The molecule has 0 aliphatic carbocycles. The monoisotopic (exact) mass is 296 g/mol. The number of benzene rings is 2. The van der Waals surface area contributed by atoms with Crippen molar-refractivity contribution in [3.63, 3.8) is 0 Å². The molecule has 0 N–H and O–H groups in total. The number of aromatic nitrogens is 3. The first-order valence-corrected chi connectivity index (χ1v) is 7.25. The first-order chi connectivity index (χ1) is 11.4. The highest BCUT2D eigenvalue weighted by molar-refractivity contribution is 5.75. The third-order valence-electron chi connectivity index (χ3n) is 3.81. The number of imidazole rings is 1. The van der Waals surface area contributed by atoms with Crippen molar-refractivity contribution in [3.8, 4) is 28.5 Å². The Balaban J connectivity index is 1.88. The lowest BCUT2D eigenvalue weighted by atomic mass is 9.98. The van der Waals surface area contributed by atoms with Gasteiger partial charge in [-0.15, -0.1) is 0 Å². The predicted molar refractivity (Wildman–Crippen MR) is 88.6 cm³/mol. The van der Waals surface area contributed by atoms with Crippen LogP contribution in [-0.4, -0.2) is 14.4 Å². The molecule has 0 aliphatic rings. The standard InChI is InChI=1S/C19H12N4/c20-12-16-5-1-2-8-17(16)14-6-3-7-15(11-14)18-13-22-19-21-9-4-10-23(18)19/h1-11,13H. The van der Waals surface area contributed by atoms with Gasteiger partial charge in [-0.05, 0) is 29.3 Å². The van der Waals surface area contributed by atoms with Crippen LogP contribution in [0.15, 0.2) is 73.2 Å². The smallest absolute Gasteiger partial charge is 0.234 e. The van der Waals surface area contributed by atoms with Crippen molar-refractivity contribution < 1.29 is 0 Å². The SMILES string of the molecule is N#Cc1ccccc1-c1cccc(-c2cnc3ncccn23)c1. The van der Waals surface area contributed by atoms with Crippen LogP contribution >= 0.6 is 0 Å². The van der Waals surface area contributed by atoms with Crippen LogP contribution in [0.2, 0.25) is 0 Å². The number of nitrogens with zero attached hydrogens (tertiary/aromatic N) is 4. The average Bonchev–Trinajstić information content (AvgIpc) is 3.06. The minimum absolute atomic E-state index is 0.671. The van der Waals surface area contributed by atoms with Gasteiger partial charge in [0.25, 0.3) is 0 Å². The Kier molecular flexibility index (Phi) is 3.10. The Hall–Kier alpha value is -3.45. The van der Waals surface area contributed by atoms with Crippen molar-refractivity contribution in [1.82, 2.24) is 14.4 Å². The Bertz CT molecular complexity index is 1040. The third-order valence-corrected chi connectivity index (χ3v) is 3.81. The van der Waals surface area contributed by atoms with Crippen molar-refractivity contribution in [2.45, 2.75) is 0 Å². The summed E-state index contributed by atoms with van der Waals surface area (Å²) in [6.07, 6.45) is 5.49. The molecule has 2 aromatic carbocycles. The van der Waals surface area contributed by atoms with Crippen LogP contribution in [-0.2, 0) is 0 Å². The minimum atomic E-state index is 0.671. The second kappa shape index (κ2) is 5.39. The zero-order chi connectivity index (χ0) is 15.6. The second-order valence-electron chi connectivity index (χ2n) is 5.17. The summed E-state index contributed by atoms with van der Waals surface area (Å²) in [7, 11) is 0. The van der Waals surface area contributed by atoms with E-state index in [9.17, 15) is 5.26 Å². The molecular formula is C19H12N4. The maximum atomic E-state index is 9.30. The van der Waals surface area contributed by atoms with Crippen LogP contribution in [0.1, 0.15) is 5.56 Å². The molecule has 0 amide bonds. The van der Waals surface area contributed by atoms with E-state index in [1.165, 1.54) is 0 Å². The molecule has 0 radical (unpaired) electrons. The van der Waals surface area contributed by atoms with Gasteiger partial charge in [0.15, 0.2) is 0 Å². The number of rotatable bonds is 2. The Morgan fingerprint density at radius 2 is 1.78 bits per heavy atom. The molecule has 4 aromatic rings. The molecule has 0 bridgehead atoms. The van der Waals surface area contributed by atoms with Crippen molar-refractivity contribution >= 4 is 5.78 Å². The Labute approximate surface area is 133 Å². The lowest BCUT2D eigenvalue weighted by molar-refractivity contribution is 1.11. The van der Waals surface area contributed by atoms with Crippen molar-refractivity contribution in [1.29, 1.82) is 5.26 Å². The average molecular weight is 296 g/mol.